The number of hydrogen-bond acceptors (Lipinski definition) is 7. The maximum absolute atomic E-state index is 13.4. The van der Waals surface area contributed by atoms with E-state index in [9.17, 15) is 14.0 Å². The number of carbonyl (C=O) groups excluding carboxylic acids is 2. The smallest absolute Gasteiger partial charge is 0.490 e. The number of halogens is 1. The molecule has 0 radical (unpaired) electrons. The summed E-state index contributed by atoms with van der Waals surface area (Å²) in [7, 11) is 0. The van der Waals surface area contributed by atoms with E-state index < -0.39 is 30.1 Å². The number of rotatable bonds is 8. The van der Waals surface area contributed by atoms with Gasteiger partial charge in [-0.1, -0.05) is 24.3 Å². The van der Waals surface area contributed by atoms with E-state index in [0.717, 1.165) is 24.2 Å². The Morgan fingerprint density at radius 3 is 2.47 bits per heavy atom. The average molecular weight is 501 g/mol. The van der Waals surface area contributed by atoms with Crippen LogP contribution in [0.25, 0.3) is 0 Å². The average Bonchev–Trinajstić information content (AvgIpc) is 3.55. The van der Waals surface area contributed by atoms with Crippen LogP contribution in [0.4, 0.5) is 14.0 Å². The van der Waals surface area contributed by atoms with Crippen molar-refractivity contribution in [1.29, 1.82) is 0 Å². The number of alkyl carbamates (subject to hydrolysis) is 1. The van der Waals surface area contributed by atoms with Crippen LogP contribution in [0.2, 0.25) is 0 Å². The van der Waals surface area contributed by atoms with Gasteiger partial charge in [-0.2, -0.15) is 0 Å². The maximum Gasteiger partial charge on any atom is 0.509 e. The SMILES string of the molecule is CC(C)(C)OC(=O)OC1CN[C@H](Cc2ccc(OC3CC3)cc2)[C@@H]1OC(=O)NCc1cccc(F)c1. The van der Waals surface area contributed by atoms with Crippen molar-refractivity contribution in [2.45, 2.75) is 76.5 Å². The first-order valence-corrected chi connectivity index (χ1v) is 12.2. The van der Waals surface area contributed by atoms with Crippen LogP contribution in [0.3, 0.4) is 0 Å². The predicted octanol–water partition coefficient (Wildman–Crippen LogP) is 4.50. The number of amides is 1. The Morgan fingerprint density at radius 1 is 1.06 bits per heavy atom. The highest BCUT2D eigenvalue weighted by Gasteiger charge is 2.42. The molecule has 194 valence electrons. The van der Waals surface area contributed by atoms with Crippen molar-refractivity contribution >= 4 is 12.2 Å². The highest BCUT2D eigenvalue weighted by atomic mass is 19.1. The number of carbonyl (C=O) groups is 2. The molecule has 2 aliphatic rings. The first-order valence-electron chi connectivity index (χ1n) is 12.2. The largest absolute Gasteiger partial charge is 0.509 e. The van der Waals surface area contributed by atoms with Crippen molar-refractivity contribution in [3.63, 3.8) is 0 Å². The summed E-state index contributed by atoms with van der Waals surface area (Å²) in [5.41, 5.74) is 0.899. The molecule has 9 heteroatoms. The molecular weight excluding hydrogens is 467 g/mol. The summed E-state index contributed by atoms with van der Waals surface area (Å²) in [6.45, 7) is 5.63. The Balaban J connectivity index is 1.40. The van der Waals surface area contributed by atoms with Gasteiger partial charge in [0.2, 0.25) is 0 Å². The van der Waals surface area contributed by atoms with E-state index in [1.54, 1.807) is 32.9 Å². The number of ether oxygens (including phenoxy) is 4. The summed E-state index contributed by atoms with van der Waals surface area (Å²) < 4.78 is 35.8. The lowest BCUT2D eigenvalue weighted by Crippen LogP contribution is -2.43. The van der Waals surface area contributed by atoms with Crippen molar-refractivity contribution in [3.05, 3.63) is 65.5 Å². The van der Waals surface area contributed by atoms with Gasteiger partial charge < -0.3 is 29.6 Å². The minimum atomic E-state index is -0.828. The van der Waals surface area contributed by atoms with E-state index >= 15 is 0 Å². The monoisotopic (exact) mass is 500 g/mol. The summed E-state index contributed by atoms with van der Waals surface area (Å²) in [6.07, 6.45) is 0.0329. The van der Waals surface area contributed by atoms with Crippen LogP contribution in [0.15, 0.2) is 48.5 Å². The van der Waals surface area contributed by atoms with Crippen molar-refractivity contribution in [2.24, 2.45) is 0 Å². The maximum atomic E-state index is 13.4. The Hall–Kier alpha value is -3.33. The third-order valence-electron chi connectivity index (χ3n) is 5.76. The molecule has 36 heavy (non-hydrogen) atoms. The van der Waals surface area contributed by atoms with Gasteiger partial charge in [-0.05, 0) is 75.4 Å². The number of hydrogen-bond donors (Lipinski definition) is 2. The fourth-order valence-corrected chi connectivity index (χ4v) is 3.93. The van der Waals surface area contributed by atoms with E-state index in [-0.39, 0.29) is 18.4 Å². The Labute approximate surface area is 210 Å². The third-order valence-corrected chi connectivity index (χ3v) is 5.76. The second-order valence-corrected chi connectivity index (χ2v) is 10.2. The summed E-state index contributed by atoms with van der Waals surface area (Å²) >= 11 is 0. The lowest BCUT2D eigenvalue weighted by molar-refractivity contribution is -0.0518. The molecule has 1 amide bonds. The second-order valence-electron chi connectivity index (χ2n) is 10.2. The van der Waals surface area contributed by atoms with E-state index in [0.29, 0.717) is 24.6 Å². The van der Waals surface area contributed by atoms with Gasteiger partial charge in [0.15, 0.2) is 12.2 Å². The summed E-state index contributed by atoms with van der Waals surface area (Å²) in [4.78, 5) is 24.9. The van der Waals surface area contributed by atoms with E-state index in [1.807, 2.05) is 24.3 Å². The fraction of sp³-hybridized carbons (Fsp3) is 0.481. The molecule has 2 N–H and O–H groups in total. The summed E-state index contributed by atoms with van der Waals surface area (Å²) in [5.74, 6) is 0.443. The minimum Gasteiger partial charge on any atom is -0.490 e. The third kappa shape index (κ3) is 7.84. The zero-order valence-electron chi connectivity index (χ0n) is 20.8. The van der Waals surface area contributed by atoms with Gasteiger partial charge in [-0.15, -0.1) is 0 Å². The highest BCUT2D eigenvalue weighted by Crippen LogP contribution is 2.27. The van der Waals surface area contributed by atoms with E-state index in [1.165, 1.54) is 12.1 Å². The molecule has 8 nitrogen and oxygen atoms in total. The number of nitrogens with one attached hydrogen (secondary N) is 2. The molecule has 1 saturated carbocycles. The zero-order chi connectivity index (χ0) is 25.7. The second kappa shape index (κ2) is 11.2. The van der Waals surface area contributed by atoms with E-state index in [4.69, 9.17) is 18.9 Å². The first-order chi connectivity index (χ1) is 17.1. The van der Waals surface area contributed by atoms with Gasteiger partial charge in [0.25, 0.3) is 0 Å². The van der Waals surface area contributed by atoms with Crippen molar-refractivity contribution in [3.8, 4) is 5.75 Å². The van der Waals surface area contributed by atoms with E-state index in [2.05, 4.69) is 10.6 Å². The molecule has 1 saturated heterocycles. The highest BCUT2D eigenvalue weighted by molar-refractivity contribution is 5.67. The lowest BCUT2D eigenvalue weighted by Gasteiger charge is -2.26. The van der Waals surface area contributed by atoms with Gasteiger partial charge in [-0.3, -0.25) is 0 Å². The quantitative estimate of drug-likeness (QED) is 0.516. The molecular formula is C27H33FN2O6. The van der Waals surface area contributed by atoms with Crippen LogP contribution in [0.5, 0.6) is 5.75 Å². The van der Waals surface area contributed by atoms with Crippen LogP contribution in [-0.4, -0.2) is 48.7 Å². The molecule has 1 aliphatic carbocycles. The molecule has 1 heterocycles. The standard InChI is InChI=1S/C27H33FN2O6/c1-27(2,3)36-26(32)34-23-16-29-22(14-17-7-9-20(10-8-17)33-21-11-12-21)24(23)35-25(31)30-15-18-5-4-6-19(28)13-18/h4-10,13,21-24,29H,11-12,14-16H2,1-3H3,(H,30,31)/t22-,23?,24+/m1/s1. The van der Waals surface area contributed by atoms with Crippen LogP contribution in [0, 0.1) is 5.82 Å². The van der Waals surface area contributed by atoms with Crippen LogP contribution in [-0.2, 0) is 27.2 Å². The molecule has 3 atom stereocenters. The number of benzene rings is 2. The lowest BCUT2D eigenvalue weighted by atomic mass is 10.0. The fourth-order valence-electron chi connectivity index (χ4n) is 3.93. The van der Waals surface area contributed by atoms with Gasteiger partial charge in [0.05, 0.1) is 12.1 Å². The van der Waals surface area contributed by atoms with Crippen molar-refractivity contribution in [1.82, 2.24) is 10.6 Å². The molecule has 0 bridgehead atoms. The molecule has 2 aromatic rings. The molecule has 0 spiro atoms. The van der Waals surface area contributed by atoms with Gasteiger partial charge >= 0.3 is 12.2 Å². The molecule has 1 unspecified atom stereocenters. The van der Waals surface area contributed by atoms with Gasteiger partial charge in [0, 0.05) is 13.1 Å². The molecule has 1 aliphatic heterocycles. The van der Waals surface area contributed by atoms with Crippen molar-refractivity contribution < 1.29 is 32.9 Å². The van der Waals surface area contributed by atoms with Crippen LogP contribution < -0.4 is 15.4 Å². The molecule has 0 aromatic heterocycles. The Kier molecular flexibility index (Phi) is 7.98. The van der Waals surface area contributed by atoms with Gasteiger partial charge in [-0.25, -0.2) is 14.0 Å². The van der Waals surface area contributed by atoms with Crippen LogP contribution >= 0.6 is 0 Å². The minimum absolute atomic E-state index is 0.0987. The first kappa shape index (κ1) is 25.8. The van der Waals surface area contributed by atoms with Crippen molar-refractivity contribution in [2.75, 3.05) is 6.54 Å². The molecule has 2 fully saturated rings. The Bertz CT molecular complexity index is 1050. The van der Waals surface area contributed by atoms with Crippen LogP contribution in [0.1, 0.15) is 44.7 Å². The molecule has 2 aromatic carbocycles. The van der Waals surface area contributed by atoms with Gasteiger partial charge in [0.1, 0.15) is 17.2 Å². The zero-order valence-corrected chi connectivity index (χ0v) is 20.8. The summed E-state index contributed by atoms with van der Waals surface area (Å²) in [5, 5.41) is 5.94. The topological polar surface area (TPSA) is 95.1 Å². The summed E-state index contributed by atoms with van der Waals surface area (Å²) in [6, 6.07) is 13.5. The molecule has 4 rings (SSSR count). The normalized spacial score (nSPS) is 21.5. The predicted molar refractivity (Wildman–Crippen MR) is 130 cm³/mol. The Morgan fingerprint density at radius 2 is 1.81 bits per heavy atom.